The number of hydrogen-bond acceptors (Lipinski definition) is 4. The van der Waals surface area contributed by atoms with Gasteiger partial charge >= 0.3 is 0 Å². The summed E-state index contributed by atoms with van der Waals surface area (Å²) in [5.74, 6) is 0. The third-order valence-corrected chi connectivity index (χ3v) is 5.26. The molecule has 1 saturated heterocycles. The van der Waals surface area contributed by atoms with Crippen molar-refractivity contribution in [2.24, 2.45) is 0 Å². The molecule has 3 N–H and O–H groups in total. The quantitative estimate of drug-likeness (QED) is 0.830. The summed E-state index contributed by atoms with van der Waals surface area (Å²) in [6.07, 6.45) is 3.01. The summed E-state index contributed by atoms with van der Waals surface area (Å²) in [5.41, 5.74) is 7.81. The second kappa shape index (κ2) is 6.11. The molecule has 5 nitrogen and oxygen atoms in total. The molecular formula is C14H22N2O3S. The fourth-order valence-corrected chi connectivity index (χ4v) is 3.80. The summed E-state index contributed by atoms with van der Waals surface area (Å²) >= 11 is 0. The van der Waals surface area contributed by atoms with Crippen LogP contribution in [0.25, 0.3) is 0 Å². The first-order valence-electron chi connectivity index (χ1n) is 6.88. The van der Waals surface area contributed by atoms with Crippen molar-refractivity contribution in [1.29, 1.82) is 0 Å². The number of anilines is 1. The van der Waals surface area contributed by atoms with Gasteiger partial charge in [0, 0.05) is 18.8 Å². The Morgan fingerprint density at radius 2 is 2.10 bits per heavy atom. The van der Waals surface area contributed by atoms with E-state index in [0.29, 0.717) is 18.8 Å². The molecule has 1 aromatic rings. The highest BCUT2D eigenvalue weighted by Crippen LogP contribution is 2.22. The van der Waals surface area contributed by atoms with Crippen molar-refractivity contribution in [2.45, 2.75) is 44.1 Å². The van der Waals surface area contributed by atoms with E-state index in [-0.39, 0.29) is 11.0 Å². The molecule has 1 unspecified atom stereocenters. The summed E-state index contributed by atoms with van der Waals surface area (Å²) in [6, 6.07) is 3.28. The number of nitrogen functional groups attached to an aromatic ring is 1. The number of hydrogen-bond donors (Lipinski definition) is 2. The fraction of sp³-hybridized carbons (Fsp3) is 0.571. The number of aryl methyl sites for hydroxylation is 1. The Kier molecular flexibility index (Phi) is 4.67. The lowest BCUT2D eigenvalue weighted by atomic mass is 10.1. The number of rotatable bonds is 4. The van der Waals surface area contributed by atoms with Gasteiger partial charge in [0.25, 0.3) is 0 Å². The van der Waals surface area contributed by atoms with Gasteiger partial charge in [-0.05, 0) is 56.4 Å². The molecule has 0 bridgehead atoms. The third kappa shape index (κ3) is 3.50. The molecule has 20 heavy (non-hydrogen) atoms. The number of sulfonamides is 1. The molecule has 0 aliphatic carbocycles. The minimum absolute atomic E-state index is 0.0269. The summed E-state index contributed by atoms with van der Waals surface area (Å²) in [4.78, 5) is 0.255. The Balaban J connectivity index is 2.14. The van der Waals surface area contributed by atoms with E-state index < -0.39 is 10.0 Å². The molecule has 1 fully saturated rings. The molecule has 1 aliphatic heterocycles. The van der Waals surface area contributed by atoms with Crippen LogP contribution in [0.5, 0.6) is 0 Å². The number of benzene rings is 1. The first-order chi connectivity index (χ1) is 9.40. The van der Waals surface area contributed by atoms with Crippen molar-refractivity contribution in [2.75, 3.05) is 18.9 Å². The predicted molar refractivity (Wildman–Crippen MR) is 79.1 cm³/mol. The summed E-state index contributed by atoms with van der Waals surface area (Å²) < 4.78 is 32.9. The van der Waals surface area contributed by atoms with Gasteiger partial charge < -0.3 is 10.5 Å². The highest BCUT2D eigenvalue weighted by atomic mass is 32.2. The van der Waals surface area contributed by atoms with Crippen molar-refractivity contribution in [3.05, 3.63) is 23.3 Å². The van der Waals surface area contributed by atoms with Gasteiger partial charge in [0.15, 0.2) is 0 Å². The zero-order valence-corrected chi connectivity index (χ0v) is 12.8. The highest BCUT2D eigenvalue weighted by Gasteiger charge is 2.21. The first-order valence-corrected chi connectivity index (χ1v) is 8.36. The molecule has 112 valence electrons. The molecule has 0 radical (unpaired) electrons. The lowest BCUT2D eigenvalue weighted by Crippen LogP contribution is -2.35. The van der Waals surface area contributed by atoms with Gasteiger partial charge in [0.2, 0.25) is 10.0 Å². The maximum atomic E-state index is 12.4. The lowest BCUT2D eigenvalue weighted by Gasteiger charge is -2.23. The molecule has 0 amide bonds. The van der Waals surface area contributed by atoms with Gasteiger partial charge in [0.1, 0.15) is 0 Å². The molecule has 1 aliphatic rings. The monoisotopic (exact) mass is 298 g/mol. The second-order valence-electron chi connectivity index (χ2n) is 5.30. The van der Waals surface area contributed by atoms with Gasteiger partial charge in [0.05, 0.1) is 11.0 Å². The third-order valence-electron chi connectivity index (χ3n) is 3.71. The Hall–Kier alpha value is -1.11. The number of ether oxygens (including phenoxy) is 1. The molecule has 1 aromatic carbocycles. The molecule has 0 saturated carbocycles. The average molecular weight is 298 g/mol. The van der Waals surface area contributed by atoms with E-state index in [0.717, 1.165) is 30.4 Å². The highest BCUT2D eigenvalue weighted by molar-refractivity contribution is 7.89. The summed E-state index contributed by atoms with van der Waals surface area (Å²) in [7, 11) is -3.55. The molecule has 2 rings (SSSR count). The summed E-state index contributed by atoms with van der Waals surface area (Å²) in [6.45, 7) is 4.67. The maximum Gasteiger partial charge on any atom is 0.241 e. The number of nitrogens with one attached hydrogen (secondary N) is 1. The van der Waals surface area contributed by atoms with Crippen LogP contribution >= 0.6 is 0 Å². The van der Waals surface area contributed by atoms with Crippen molar-refractivity contribution in [1.82, 2.24) is 4.72 Å². The first kappa shape index (κ1) is 15.3. The minimum Gasteiger partial charge on any atom is -0.399 e. The van der Waals surface area contributed by atoms with E-state index >= 15 is 0 Å². The molecule has 0 aromatic heterocycles. The summed E-state index contributed by atoms with van der Waals surface area (Å²) in [5, 5.41) is 0. The van der Waals surface area contributed by atoms with Crippen molar-refractivity contribution >= 4 is 15.7 Å². The number of nitrogens with two attached hydrogens (primary N) is 1. The molecular weight excluding hydrogens is 276 g/mol. The van der Waals surface area contributed by atoms with Gasteiger partial charge in [-0.25, -0.2) is 13.1 Å². The Labute approximate surface area is 120 Å². The van der Waals surface area contributed by atoms with Crippen LogP contribution in [0.3, 0.4) is 0 Å². The van der Waals surface area contributed by atoms with Crippen LogP contribution in [0.15, 0.2) is 17.0 Å². The molecule has 0 spiro atoms. The lowest BCUT2D eigenvalue weighted by molar-refractivity contribution is 0.0200. The zero-order chi connectivity index (χ0) is 14.8. The molecule has 6 heteroatoms. The second-order valence-corrected chi connectivity index (χ2v) is 7.04. The van der Waals surface area contributed by atoms with Crippen molar-refractivity contribution in [3.63, 3.8) is 0 Å². The maximum absolute atomic E-state index is 12.4. The smallest absolute Gasteiger partial charge is 0.241 e. The standard InChI is InChI=1S/C14H22N2O3S/c1-10-7-12(15)8-14(11(10)2)20(17,18)16-9-13-5-3-4-6-19-13/h7-8,13,16H,3-6,9,15H2,1-2H3. The van der Waals surface area contributed by atoms with Crippen molar-refractivity contribution in [3.8, 4) is 0 Å². The topological polar surface area (TPSA) is 81.4 Å². The Bertz CT molecular complexity index is 578. The van der Waals surface area contributed by atoms with Crippen LogP contribution in [0.1, 0.15) is 30.4 Å². The van der Waals surface area contributed by atoms with Crippen molar-refractivity contribution < 1.29 is 13.2 Å². The molecule has 1 heterocycles. The normalized spacial score (nSPS) is 20.0. The van der Waals surface area contributed by atoms with Crippen LogP contribution in [-0.4, -0.2) is 27.7 Å². The largest absolute Gasteiger partial charge is 0.399 e. The molecule has 1 atom stereocenters. The SMILES string of the molecule is Cc1cc(N)cc(S(=O)(=O)NCC2CCCCO2)c1C. The van der Waals surface area contributed by atoms with Gasteiger partial charge in [-0.1, -0.05) is 0 Å². The van der Waals surface area contributed by atoms with E-state index in [4.69, 9.17) is 10.5 Å². The zero-order valence-electron chi connectivity index (χ0n) is 12.0. The minimum atomic E-state index is -3.55. The fourth-order valence-electron chi connectivity index (χ4n) is 2.38. The van der Waals surface area contributed by atoms with Crippen LogP contribution in [-0.2, 0) is 14.8 Å². The van der Waals surface area contributed by atoms with Crippen LogP contribution < -0.4 is 10.5 Å². The average Bonchev–Trinajstić information content (AvgIpc) is 2.42. The van der Waals surface area contributed by atoms with E-state index in [2.05, 4.69) is 4.72 Å². The van der Waals surface area contributed by atoms with Gasteiger partial charge in [-0.2, -0.15) is 0 Å². The van der Waals surface area contributed by atoms with Crippen LogP contribution in [0.4, 0.5) is 5.69 Å². The Morgan fingerprint density at radius 3 is 2.75 bits per heavy atom. The van der Waals surface area contributed by atoms with E-state index in [1.54, 1.807) is 13.0 Å². The van der Waals surface area contributed by atoms with Crippen LogP contribution in [0.2, 0.25) is 0 Å². The Morgan fingerprint density at radius 1 is 1.35 bits per heavy atom. The van der Waals surface area contributed by atoms with E-state index in [9.17, 15) is 8.42 Å². The van der Waals surface area contributed by atoms with Gasteiger partial charge in [-0.3, -0.25) is 0 Å². The van der Waals surface area contributed by atoms with E-state index in [1.807, 2.05) is 6.92 Å². The van der Waals surface area contributed by atoms with E-state index in [1.165, 1.54) is 6.07 Å². The van der Waals surface area contributed by atoms with Gasteiger partial charge in [-0.15, -0.1) is 0 Å². The predicted octanol–water partition coefficient (Wildman–Crippen LogP) is 1.73. The van der Waals surface area contributed by atoms with Crippen LogP contribution in [0, 0.1) is 13.8 Å².